The van der Waals surface area contributed by atoms with E-state index in [-0.39, 0.29) is 0 Å². The predicted molar refractivity (Wildman–Crippen MR) is 77.3 cm³/mol. The molecule has 0 unspecified atom stereocenters. The van der Waals surface area contributed by atoms with Crippen molar-refractivity contribution in [2.24, 2.45) is 0 Å². The fourth-order valence-electron chi connectivity index (χ4n) is 2.42. The highest BCUT2D eigenvalue weighted by Gasteiger charge is 2.13. The van der Waals surface area contributed by atoms with Crippen molar-refractivity contribution in [2.45, 2.75) is 18.2 Å². The van der Waals surface area contributed by atoms with Gasteiger partial charge < -0.3 is 10.2 Å². The maximum atomic E-state index is 11.7. The van der Waals surface area contributed by atoms with Crippen LogP contribution in [0.3, 0.4) is 0 Å². The van der Waals surface area contributed by atoms with Gasteiger partial charge in [-0.15, -0.1) is 0 Å². The highest BCUT2D eigenvalue weighted by atomic mass is 32.2. The molecule has 0 bridgehead atoms. The van der Waals surface area contributed by atoms with Gasteiger partial charge in [-0.3, -0.25) is 0 Å². The van der Waals surface area contributed by atoms with E-state index in [1.165, 1.54) is 6.26 Å². The van der Waals surface area contributed by atoms with E-state index in [0.29, 0.717) is 4.90 Å². The molecule has 106 valence electrons. The number of sulfone groups is 1. The molecule has 1 aliphatic rings. The Labute approximate surface area is 115 Å². The minimum Gasteiger partial charge on any atom is -0.314 e. The van der Waals surface area contributed by atoms with Crippen LogP contribution in [0.5, 0.6) is 0 Å². The summed E-state index contributed by atoms with van der Waals surface area (Å²) in [5.41, 5.74) is 1.93. The Kier molecular flexibility index (Phi) is 4.60. The Morgan fingerprint density at radius 2 is 1.95 bits per heavy atom. The van der Waals surface area contributed by atoms with Crippen LogP contribution in [0.4, 0.5) is 0 Å². The number of nitrogens with one attached hydrogen (secondary N) is 1. The van der Waals surface area contributed by atoms with Gasteiger partial charge >= 0.3 is 0 Å². The largest absolute Gasteiger partial charge is 0.314 e. The molecule has 19 heavy (non-hydrogen) atoms. The van der Waals surface area contributed by atoms with Crippen molar-refractivity contribution in [1.82, 2.24) is 10.2 Å². The second-order valence-corrected chi connectivity index (χ2v) is 7.20. The van der Waals surface area contributed by atoms with Gasteiger partial charge in [0.2, 0.25) is 0 Å². The van der Waals surface area contributed by atoms with Crippen molar-refractivity contribution in [3.8, 4) is 0 Å². The molecule has 1 N–H and O–H groups in total. The zero-order valence-corrected chi connectivity index (χ0v) is 12.5. The molecule has 0 aliphatic carbocycles. The van der Waals surface area contributed by atoms with Crippen molar-refractivity contribution in [1.29, 1.82) is 0 Å². The van der Waals surface area contributed by atoms with E-state index in [0.717, 1.165) is 50.3 Å². The molecule has 1 heterocycles. The number of rotatable bonds is 4. The van der Waals surface area contributed by atoms with Gasteiger partial charge in [0.15, 0.2) is 9.84 Å². The first-order valence-corrected chi connectivity index (χ1v) is 8.58. The third-order valence-electron chi connectivity index (χ3n) is 3.58. The van der Waals surface area contributed by atoms with Crippen LogP contribution >= 0.6 is 0 Å². The number of piperazine rings is 1. The molecule has 0 saturated carbocycles. The van der Waals surface area contributed by atoms with Gasteiger partial charge in [0.05, 0.1) is 4.90 Å². The third-order valence-corrected chi connectivity index (χ3v) is 4.82. The molecule has 0 radical (unpaired) electrons. The smallest absolute Gasteiger partial charge is 0.175 e. The number of hydrogen-bond donors (Lipinski definition) is 1. The van der Waals surface area contributed by atoms with Crippen LogP contribution in [-0.4, -0.2) is 52.3 Å². The number of nitrogens with zero attached hydrogens (tertiary/aromatic N) is 1. The maximum Gasteiger partial charge on any atom is 0.175 e. The Hall–Kier alpha value is -0.910. The summed E-state index contributed by atoms with van der Waals surface area (Å²) in [6.07, 6.45) is 2.18. The van der Waals surface area contributed by atoms with Crippen LogP contribution in [-0.2, 0) is 16.3 Å². The molecule has 1 aromatic carbocycles. The average Bonchev–Trinajstić information content (AvgIpc) is 2.37. The summed E-state index contributed by atoms with van der Waals surface area (Å²) in [5, 5.41) is 3.33. The Morgan fingerprint density at radius 3 is 2.58 bits per heavy atom. The van der Waals surface area contributed by atoms with Crippen LogP contribution in [0.1, 0.15) is 11.1 Å². The minimum absolute atomic E-state index is 0.463. The van der Waals surface area contributed by atoms with Crippen molar-refractivity contribution >= 4 is 9.84 Å². The second-order valence-electron chi connectivity index (χ2n) is 5.21. The van der Waals surface area contributed by atoms with Gasteiger partial charge in [-0.25, -0.2) is 8.42 Å². The summed E-state index contributed by atoms with van der Waals surface area (Å²) in [7, 11) is -3.12. The zero-order chi connectivity index (χ0) is 13.9. The predicted octanol–water partition coefficient (Wildman–Crippen LogP) is 0.846. The van der Waals surface area contributed by atoms with E-state index in [4.69, 9.17) is 0 Å². The van der Waals surface area contributed by atoms with Gasteiger partial charge in [-0.2, -0.15) is 0 Å². The molecule has 1 aliphatic heterocycles. The van der Waals surface area contributed by atoms with Crippen LogP contribution in [0.15, 0.2) is 23.1 Å². The van der Waals surface area contributed by atoms with Crippen LogP contribution in [0.25, 0.3) is 0 Å². The molecule has 5 heteroatoms. The summed E-state index contributed by atoms with van der Waals surface area (Å²) in [6.45, 7) is 7.07. The molecule has 2 rings (SSSR count). The summed E-state index contributed by atoms with van der Waals surface area (Å²) >= 11 is 0. The Bertz CT molecular complexity index is 534. The molecule has 1 aromatic rings. The molecule has 0 aromatic heterocycles. The lowest BCUT2D eigenvalue weighted by Crippen LogP contribution is -2.44. The van der Waals surface area contributed by atoms with E-state index in [2.05, 4.69) is 10.2 Å². The SMILES string of the molecule is Cc1ccc(CCN2CCNCC2)cc1S(C)(=O)=O. The monoisotopic (exact) mass is 282 g/mol. The normalized spacial score (nSPS) is 17.6. The molecule has 4 nitrogen and oxygen atoms in total. The molecule has 0 atom stereocenters. The van der Waals surface area contributed by atoms with Crippen molar-refractivity contribution < 1.29 is 8.42 Å². The lowest BCUT2D eigenvalue weighted by atomic mass is 10.1. The van der Waals surface area contributed by atoms with Gasteiger partial charge in [-0.1, -0.05) is 12.1 Å². The minimum atomic E-state index is -3.12. The van der Waals surface area contributed by atoms with Gasteiger partial charge in [0.1, 0.15) is 0 Å². The Morgan fingerprint density at radius 1 is 1.26 bits per heavy atom. The van der Waals surface area contributed by atoms with E-state index in [1.807, 2.05) is 25.1 Å². The Balaban J connectivity index is 2.04. The van der Waals surface area contributed by atoms with E-state index in [1.54, 1.807) is 0 Å². The first-order valence-electron chi connectivity index (χ1n) is 6.69. The molecule has 0 amide bonds. The fourth-order valence-corrected chi connectivity index (χ4v) is 3.44. The number of hydrogen-bond acceptors (Lipinski definition) is 4. The summed E-state index contributed by atoms with van der Waals surface area (Å²) < 4.78 is 23.4. The van der Waals surface area contributed by atoms with Crippen LogP contribution in [0.2, 0.25) is 0 Å². The molecule has 0 spiro atoms. The van der Waals surface area contributed by atoms with Gasteiger partial charge in [-0.05, 0) is 30.5 Å². The maximum absolute atomic E-state index is 11.7. The van der Waals surface area contributed by atoms with Crippen molar-refractivity contribution in [2.75, 3.05) is 39.0 Å². The summed E-state index contributed by atoms with van der Waals surface area (Å²) in [5.74, 6) is 0. The number of aryl methyl sites for hydroxylation is 1. The lowest BCUT2D eigenvalue weighted by Gasteiger charge is -2.27. The third kappa shape index (κ3) is 4.03. The highest BCUT2D eigenvalue weighted by molar-refractivity contribution is 7.90. The first-order chi connectivity index (χ1) is 8.97. The van der Waals surface area contributed by atoms with E-state index >= 15 is 0 Å². The summed E-state index contributed by atoms with van der Waals surface area (Å²) in [6, 6.07) is 5.77. The standard InChI is InChI=1S/C14H22N2O2S/c1-12-3-4-13(11-14(12)19(2,17)18)5-8-16-9-6-15-7-10-16/h3-4,11,15H,5-10H2,1-2H3. The van der Waals surface area contributed by atoms with Gasteiger partial charge in [0, 0.05) is 39.0 Å². The fraction of sp³-hybridized carbons (Fsp3) is 0.571. The lowest BCUT2D eigenvalue weighted by molar-refractivity contribution is 0.244. The number of benzene rings is 1. The molecular weight excluding hydrogens is 260 g/mol. The molecule has 1 fully saturated rings. The van der Waals surface area contributed by atoms with Crippen molar-refractivity contribution in [3.63, 3.8) is 0 Å². The van der Waals surface area contributed by atoms with E-state index < -0.39 is 9.84 Å². The van der Waals surface area contributed by atoms with Crippen LogP contribution in [0, 0.1) is 6.92 Å². The quantitative estimate of drug-likeness (QED) is 0.889. The zero-order valence-electron chi connectivity index (χ0n) is 11.6. The highest BCUT2D eigenvalue weighted by Crippen LogP contribution is 2.17. The molecule has 1 saturated heterocycles. The van der Waals surface area contributed by atoms with Crippen molar-refractivity contribution in [3.05, 3.63) is 29.3 Å². The van der Waals surface area contributed by atoms with E-state index in [9.17, 15) is 8.42 Å². The van der Waals surface area contributed by atoms with Gasteiger partial charge in [0.25, 0.3) is 0 Å². The topological polar surface area (TPSA) is 49.4 Å². The first kappa shape index (κ1) is 14.5. The average molecular weight is 282 g/mol. The molecular formula is C14H22N2O2S. The second kappa shape index (κ2) is 6.03. The van der Waals surface area contributed by atoms with Crippen LogP contribution < -0.4 is 5.32 Å². The summed E-state index contributed by atoms with van der Waals surface area (Å²) in [4.78, 5) is 2.88.